The normalized spacial score (nSPS) is 30.9. The van der Waals surface area contributed by atoms with E-state index < -0.39 is 0 Å². The molecular formula is C25H37ClO2. The average molecular weight is 405 g/mol. The van der Waals surface area contributed by atoms with Gasteiger partial charge in [-0.2, -0.15) is 0 Å². The number of fused-ring (bicyclic) bond motifs is 1. The van der Waals surface area contributed by atoms with Crippen LogP contribution in [-0.2, 0) is 4.74 Å². The molecule has 1 aromatic carbocycles. The van der Waals surface area contributed by atoms with Gasteiger partial charge in [-0.3, -0.25) is 0 Å². The lowest BCUT2D eigenvalue weighted by Gasteiger charge is -2.46. The highest BCUT2D eigenvalue weighted by Gasteiger charge is 2.53. The molecule has 2 saturated carbocycles. The van der Waals surface area contributed by atoms with E-state index >= 15 is 0 Å². The van der Waals surface area contributed by atoms with Crippen molar-refractivity contribution >= 4 is 17.6 Å². The molecule has 0 aliphatic heterocycles. The fourth-order valence-electron chi connectivity index (χ4n) is 6.11. The topological polar surface area (TPSA) is 26.3 Å². The zero-order valence-corrected chi connectivity index (χ0v) is 18.8. The van der Waals surface area contributed by atoms with Crippen molar-refractivity contribution in [2.45, 2.75) is 85.2 Å². The Balaban J connectivity index is 1.65. The standard InChI is InChI=1S/C25H37ClO2/c1-17(2)8-5-9-18(3)21-13-14-22-23(12-7-15-25(21,22)4)28-24(27)19-10-6-11-20(26)16-19/h6,10-11,16-18,21-23H,5,7-9,12-15H2,1-4H3/t18-,21-,22+,23+,25-/m1/s1. The van der Waals surface area contributed by atoms with Crippen LogP contribution in [0.2, 0.25) is 5.02 Å². The first-order valence-electron chi connectivity index (χ1n) is 11.3. The van der Waals surface area contributed by atoms with Crippen LogP contribution >= 0.6 is 11.6 Å². The molecule has 0 radical (unpaired) electrons. The van der Waals surface area contributed by atoms with E-state index in [1.165, 1.54) is 38.5 Å². The van der Waals surface area contributed by atoms with Crippen LogP contribution in [-0.4, -0.2) is 12.1 Å². The maximum atomic E-state index is 12.7. The Morgan fingerprint density at radius 1 is 1.21 bits per heavy atom. The number of ether oxygens (including phenoxy) is 1. The minimum Gasteiger partial charge on any atom is -0.458 e. The summed E-state index contributed by atoms with van der Waals surface area (Å²) >= 11 is 6.05. The lowest BCUT2D eigenvalue weighted by molar-refractivity contribution is -0.0473. The molecule has 0 heterocycles. The Bertz CT molecular complexity index is 670. The third kappa shape index (κ3) is 4.75. The van der Waals surface area contributed by atoms with Crippen LogP contribution in [0.4, 0.5) is 0 Å². The number of hydrogen-bond donors (Lipinski definition) is 0. The smallest absolute Gasteiger partial charge is 0.338 e. The van der Waals surface area contributed by atoms with E-state index in [1.807, 2.05) is 6.07 Å². The van der Waals surface area contributed by atoms with Crippen LogP contribution in [0.1, 0.15) is 89.4 Å². The maximum Gasteiger partial charge on any atom is 0.338 e. The molecule has 5 atom stereocenters. The summed E-state index contributed by atoms with van der Waals surface area (Å²) in [4.78, 5) is 12.7. The maximum absolute atomic E-state index is 12.7. The fraction of sp³-hybridized carbons (Fsp3) is 0.720. The number of carbonyl (C=O) groups is 1. The molecule has 3 heteroatoms. The van der Waals surface area contributed by atoms with Crippen LogP contribution in [0.3, 0.4) is 0 Å². The number of carbonyl (C=O) groups excluding carboxylic acids is 1. The first-order chi connectivity index (χ1) is 13.3. The van der Waals surface area contributed by atoms with Gasteiger partial charge in [0.1, 0.15) is 6.10 Å². The summed E-state index contributed by atoms with van der Waals surface area (Å²) in [6.07, 6.45) is 9.98. The minimum absolute atomic E-state index is 0.0538. The summed E-state index contributed by atoms with van der Waals surface area (Å²) in [5, 5.41) is 0.582. The molecule has 0 spiro atoms. The first-order valence-corrected chi connectivity index (χ1v) is 11.7. The third-order valence-electron chi connectivity index (χ3n) is 7.58. The highest BCUT2D eigenvalue weighted by atomic mass is 35.5. The van der Waals surface area contributed by atoms with Crippen molar-refractivity contribution in [3.63, 3.8) is 0 Å². The molecule has 0 aromatic heterocycles. The van der Waals surface area contributed by atoms with Crippen molar-refractivity contribution in [1.29, 1.82) is 0 Å². The van der Waals surface area contributed by atoms with Gasteiger partial charge in [-0.15, -0.1) is 0 Å². The predicted molar refractivity (Wildman–Crippen MR) is 117 cm³/mol. The highest BCUT2D eigenvalue weighted by molar-refractivity contribution is 6.30. The van der Waals surface area contributed by atoms with Gasteiger partial charge in [0.25, 0.3) is 0 Å². The summed E-state index contributed by atoms with van der Waals surface area (Å²) < 4.78 is 6.05. The Labute approximate surface area is 176 Å². The molecule has 0 amide bonds. The quantitative estimate of drug-likeness (QED) is 0.438. The fourth-order valence-corrected chi connectivity index (χ4v) is 6.30. The van der Waals surface area contributed by atoms with E-state index in [1.54, 1.807) is 18.2 Å². The SMILES string of the molecule is CC(C)CCC[C@@H](C)[C@H]1CC[C@H]2[C@@H](OC(=O)c3cccc(Cl)c3)CCC[C@]12C. The minimum atomic E-state index is -0.217. The summed E-state index contributed by atoms with van der Waals surface area (Å²) in [6, 6.07) is 7.11. The Hall–Kier alpha value is -1.02. The van der Waals surface area contributed by atoms with Gasteiger partial charge in [-0.25, -0.2) is 4.79 Å². The molecule has 28 heavy (non-hydrogen) atoms. The second-order valence-electron chi connectivity index (χ2n) is 9.94. The average Bonchev–Trinajstić information content (AvgIpc) is 2.99. The predicted octanol–water partition coefficient (Wildman–Crippen LogP) is 7.54. The lowest BCUT2D eigenvalue weighted by atomic mass is 9.61. The largest absolute Gasteiger partial charge is 0.458 e. The number of rotatable bonds is 7. The number of hydrogen-bond acceptors (Lipinski definition) is 2. The second kappa shape index (κ2) is 9.20. The van der Waals surface area contributed by atoms with E-state index in [9.17, 15) is 4.79 Å². The Kier molecular flexibility index (Phi) is 7.12. The highest BCUT2D eigenvalue weighted by Crippen LogP contribution is 2.58. The monoisotopic (exact) mass is 404 g/mol. The molecule has 2 aliphatic carbocycles. The summed E-state index contributed by atoms with van der Waals surface area (Å²) in [6.45, 7) is 9.57. The third-order valence-corrected chi connectivity index (χ3v) is 7.82. The molecule has 2 nitrogen and oxygen atoms in total. The van der Waals surface area contributed by atoms with Crippen molar-refractivity contribution < 1.29 is 9.53 Å². The van der Waals surface area contributed by atoms with Crippen molar-refractivity contribution in [1.82, 2.24) is 0 Å². The molecule has 3 rings (SSSR count). The van der Waals surface area contributed by atoms with Gasteiger partial charge in [-0.05, 0) is 73.5 Å². The van der Waals surface area contributed by atoms with Crippen LogP contribution in [0.5, 0.6) is 0 Å². The zero-order chi connectivity index (χ0) is 20.3. The molecule has 2 aliphatic rings. The van der Waals surface area contributed by atoms with Gasteiger partial charge < -0.3 is 4.74 Å². The molecular weight excluding hydrogens is 368 g/mol. The Morgan fingerprint density at radius 2 is 2.00 bits per heavy atom. The molecule has 2 fully saturated rings. The van der Waals surface area contributed by atoms with Gasteiger partial charge in [0.2, 0.25) is 0 Å². The van der Waals surface area contributed by atoms with Crippen LogP contribution < -0.4 is 0 Å². The number of halogens is 1. The van der Waals surface area contributed by atoms with Crippen LogP contribution in [0.15, 0.2) is 24.3 Å². The molecule has 0 unspecified atom stereocenters. The van der Waals surface area contributed by atoms with E-state index in [0.717, 1.165) is 30.6 Å². The van der Waals surface area contributed by atoms with Gasteiger partial charge in [0, 0.05) is 10.9 Å². The van der Waals surface area contributed by atoms with E-state index in [-0.39, 0.29) is 12.1 Å². The summed E-state index contributed by atoms with van der Waals surface area (Å²) in [7, 11) is 0. The van der Waals surface area contributed by atoms with Gasteiger partial charge in [0.05, 0.1) is 5.56 Å². The van der Waals surface area contributed by atoms with Crippen molar-refractivity contribution in [2.24, 2.45) is 29.1 Å². The van der Waals surface area contributed by atoms with E-state index in [0.29, 0.717) is 21.9 Å². The molecule has 0 N–H and O–H groups in total. The van der Waals surface area contributed by atoms with Crippen LogP contribution in [0, 0.1) is 29.1 Å². The van der Waals surface area contributed by atoms with E-state index in [2.05, 4.69) is 27.7 Å². The lowest BCUT2D eigenvalue weighted by Crippen LogP contribution is -2.43. The Morgan fingerprint density at radius 3 is 2.71 bits per heavy atom. The molecule has 0 bridgehead atoms. The van der Waals surface area contributed by atoms with Crippen molar-refractivity contribution in [3.05, 3.63) is 34.9 Å². The van der Waals surface area contributed by atoms with Crippen LogP contribution in [0.25, 0.3) is 0 Å². The van der Waals surface area contributed by atoms with Crippen molar-refractivity contribution in [3.8, 4) is 0 Å². The molecule has 156 valence electrons. The first kappa shape index (κ1) is 21.7. The summed E-state index contributed by atoms with van der Waals surface area (Å²) in [5.74, 6) is 2.60. The molecule has 1 aromatic rings. The number of benzene rings is 1. The summed E-state index contributed by atoms with van der Waals surface area (Å²) in [5.41, 5.74) is 0.880. The van der Waals surface area contributed by atoms with Gasteiger partial charge >= 0.3 is 5.97 Å². The van der Waals surface area contributed by atoms with E-state index in [4.69, 9.17) is 16.3 Å². The van der Waals surface area contributed by atoms with Crippen molar-refractivity contribution in [2.75, 3.05) is 0 Å². The second-order valence-corrected chi connectivity index (χ2v) is 10.4. The molecule has 0 saturated heterocycles. The van der Waals surface area contributed by atoms with Gasteiger partial charge in [0.15, 0.2) is 0 Å². The number of esters is 1. The zero-order valence-electron chi connectivity index (χ0n) is 18.0. The van der Waals surface area contributed by atoms with Gasteiger partial charge in [-0.1, -0.05) is 64.6 Å².